The van der Waals surface area contributed by atoms with Crippen molar-refractivity contribution in [2.24, 2.45) is 11.7 Å². The van der Waals surface area contributed by atoms with Crippen molar-refractivity contribution in [2.75, 3.05) is 7.11 Å². The number of rotatable bonds is 0. The van der Waals surface area contributed by atoms with Crippen LogP contribution in [0.3, 0.4) is 0 Å². The molecule has 0 aliphatic carbocycles. The van der Waals surface area contributed by atoms with E-state index in [1.165, 1.54) is 0 Å². The number of hydrogen-bond acceptors (Lipinski definition) is 8. The van der Waals surface area contributed by atoms with Crippen LogP contribution in [0.2, 0.25) is 0 Å². The third-order valence-corrected chi connectivity index (χ3v) is 0. The van der Waals surface area contributed by atoms with Crippen molar-refractivity contribution in [1.29, 1.82) is 0 Å². The molecule has 14 nitrogen and oxygen atoms in total. The number of hydrazine groups is 2. The summed E-state index contributed by atoms with van der Waals surface area (Å²) in [5.74, 6) is 7.67. The zero-order valence-electron chi connectivity index (χ0n) is 8.55. The van der Waals surface area contributed by atoms with Gasteiger partial charge in [0.1, 0.15) is 0 Å². The molecule has 0 fully saturated rings. The van der Waals surface area contributed by atoms with Gasteiger partial charge in [-0.05, 0) is 0 Å². The van der Waals surface area contributed by atoms with E-state index in [0.717, 1.165) is 7.11 Å². The molecule has 0 atom stereocenters. The van der Waals surface area contributed by atoms with Crippen LogP contribution in [-0.2, 0) is 0 Å². The summed E-state index contributed by atoms with van der Waals surface area (Å²) in [5.41, 5.74) is 0. The van der Waals surface area contributed by atoms with Gasteiger partial charge in [0.05, 0.1) is 0 Å². The van der Waals surface area contributed by atoms with E-state index in [1.54, 1.807) is 0 Å². The van der Waals surface area contributed by atoms with Crippen molar-refractivity contribution >= 4 is 51.4 Å². The maximum Gasteiger partial charge on any atom is 0.291 e. The Labute approximate surface area is 131 Å². The monoisotopic (exact) mass is 275 g/mol. The van der Waals surface area contributed by atoms with Crippen molar-refractivity contribution in [3.8, 4) is 0 Å². The predicted molar refractivity (Wildman–Crippen MR) is 50.1 cm³/mol. The molecule has 0 aliphatic heterocycles. The van der Waals surface area contributed by atoms with Crippen LogP contribution in [0.4, 0.5) is 0 Å². The molecule has 0 amide bonds. The molecular weight excluding hydrogens is 263 g/mol. The average Bonchev–Trinajstić information content (AvgIpc) is 1.86. The number of nitrogens with two attached hydrogens (primary N) is 2. The summed E-state index contributed by atoms with van der Waals surface area (Å²) in [5, 5.41) is 35.8. The van der Waals surface area contributed by atoms with E-state index >= 15 is 0 Å². The van der Waals surface area contributed by atoms with Gasteiger partial charge in [-0.1, -0.05) is 0 Å². The molecule has 0 unspecified atom stereocenters. The Kier molecular flexibility index (Phi) is 83.4. The first-order valence-corrected chi connectivity index (χ1v) is 2.26. The summed E-state index contributed by atoms with van der Waals surface area (Å²) in [6, 6.07) is 0. The molecule has 0 rings (SSSR count). The zero-order chi connectivity index (χ0) is 12.7. The minimum atomic E-state index is -1.50. The first-order valence-electron chi connectivity index (χ1n) is 2.26. The third-order valence-electron chi connectivity index (χ3n) is 0. The van der Waals surface area contributed by atoms with Crippen molar-refractivity contribution in [2.45, 2.75) is 0 Å². The van der Waals surface area contributed by atoms with Crippen molar-refractivity contribution in [1.82, 2.24) is 6.15 Å². The molecule has 0 aliphatic rings. The predicted octanol–water partition coefficient (Wildman–Crippen LogP) is -2.68. The van der Waals surface area contributed by atoms with Gasteiger partial charge >= 0.3 is 0 Å². The standard InChI is InChI=1S/CH4O.K.2H2N2O2.HNO3.H3N/c1-2;;2*1-2(3)4;2-1(3)4;/h2H,1H3;;2*1H2;(H,2,3,4);1H3. The molecule has 0 heterocycles. The number of hydrogen-bond donors (Lipinski definition) is 5. The summed E-state index contributed by atoms with van der Waals surface area (Å²) in [7, 11) is 1.00. The molecule has 0 saturated heterocycles. The second-order valence-electron chi connectivity index (χ2n) is 0.809. The molecule has 95 valence electrons. The van der Waals surface area contributed by atoms with E-state index < -0.39 is 15.2 Å². The van der Waals surface area contributed by atoms with Crippen molar-refractivity contribution in [3.63, 3.8) is 0 Å². The number of aliphatic hydroxyl groups is 1. The van der Waals surface area contributed by atoms with Gasteiger partial charge in [-0.3, -0.25) is 0 Å². The molecule has 0 aromatic heterocycles. The Hall–Kier alpha value is -0.844. The average molecular weight is 275 g/mol. The molecule has 16 heavy (non-hydrogen) atoms. The molecule has 0 saturated carbocycles. The van der Waals surface area contributed by atoms with Crippen LogP contribution in [-0.4, -0.2) is 84.0 Å². The SMILES string of the molecule is CO.N.N[N+](=O)[O-].N[N+](=O)[O-].O=[N+]([O-])O.[K]. The molecule has 9 N–H and O–H groups in total. The zero-order valence-corrected chi connectivity index (χ0v) is 11.7. The third kappa shape index (κ3) is 2730. The fourth-order valence-corrected chi connectivity index (χ4v) is 0. The minimum absolute atomic E-state index is 0. The van der Waals surface area contributed by atoms with E-state index in [1.807, 2.05) is 0 Å². The summed E-state index contributed by atoms with van der Waals surface area (Å²) >= 11 is 0. The minimum Gasteiger partial charge on any atom is -0.400 e. The van der Waals surface area contributed by atoms with E-state index in [9.17, 15) is 0 Å². The molecule has 1 radical (unpaired) electrons. The second-order valence-corrected chi connectivity index (χ2v) is 0.809. The second kappa shape index (κ2) is 36.8. The first-order chi connectivity index (χ1) is 6.20. The van der Waals surface area contributed by atoms with Crippen LogP contribution in [0, 0.1) is 30.3 Å². The van der Waals surface area contributed by atoms with Crippen LogP contribution in [0.25, 0.3) is 0 Å². The van der Waals surface area contributed by atoms with E-state index in [0.29, 0.717) is 0 Å². The van der Waals surface area contributed by atoms with Gasteiger partial charge in [0.25, 0.3) is 5.09 Å². The number of nitrogens with zero attached hydrogens (tertiary/aromatic N) is 3. The van der Waals surface area contributed by atoms with Crippen LogP contribution < -0.4 is 17.8 Å². The maximum atomic E-state index is 8.58. The first kappa shape index (κ1) is 36.2. The Morgan fingerprint density at radius 3 is 0.938 bits per heavy atom. The van der Waals surface area contributed by atoms with Crippen molar-refractivity contribution in [3.05, 3.63) is 30.3 Å². The molecular formula is CH12KN6O8. The Morgan fingerprint density at radius 1 is 0.938 bits per heavy atom. The van der Waals surface area contributed by atoms with Gasteiger partial charge in [-0.2, -0.15) is 11.7 Å². The Morgan fingerprint density at radius 2 is 0.938 bits per heavy atom. The van der Waals surface area contributed by atoms with Crippen LogP contribution >= 0.6 is 0 Å². The largest absolute Gasteiger partial charge is 0.400 e. The fourth-order valence-electron chi connectivity index (χ4n) is 0. The van der Waals surface area contributed by atoms with Gasteiger partial charge < -0.3 is 16.5 Å². The quantitative estimate of drug-likeness (QED) is 0.131. The van der Waals surface area contributed by atoms with Crippen LogP contribution in [0.1, 0.15) is 0 Å². The van der Waals surface area contributed by atoms with Crippen LogP contribution in [0.15, 0.2) is 0 Å². The van der Waals surface area contributed by atoms with E-state index in [-0.39, 0.29) is 57.5 Å². The van der Waals surface area contributed by atoms with Gasteiger partial charge in [-0.25, -0.2) is 20.2 Å². The molecule has 0 aromatic carbocycles. The topological polar surface area (TPSA) is 257 Å². The molecule has 0 aromatic rings. The molecule has 0 bridgehead atoms. The molecule has 15 heteroatoms. The van der Waals surface area contributed by atoms with Gasteiger partial charge in [0.15, 0.2) is 10.1 Å². The summed E-state index contributed by atoms with van der Waals surface area (Å²) < 4.78 is 0. The smallest absolute Gasteiger partial charge is 0.291 e. The summed E-state index contributed by atoms with van der Waals surface area (Å²) in [4.78, 5) is 25.5. The summed E-state index contributed by atoms with van der Waals surface area (Å²) in [6.45, 7) is 0. The van der Waals surface area contributed by atoms with Gasteiger partial charge in [-0.15, -0.1) is 10.1 Å². The maximum absolute atomic E-state index is 8.58. The Bertz CT molecular complexity index is 122. The van der Waals surface area contributed by atoms with Crippen LogP contribution in [0.5, 0.6) is 0 Å². The van der Waals surface area contributed by atoms with E-state index in [4.69, 9.17) is 40.7 Å². The summed E-state index contributed by atoms with van der Waals surface area (Å²) in [6.07, 6.45) is 0. The van der Waals surface area contributed by atoms with Gasteiger partial charge in [0, 0.05) is 58.5 Å². The van der Waals surface area contributed by atoms with Crippen molar-refractivity contribution < 1.29 is 25.5 Å². The molecule has 0 spiro atoms. The number of aliphatic hydroxyl groups excluding tert-OH is 1. The fraction of sp³-hybridized carbons (Fsp3) is 1.00. The van der Waals surface area contributed by atoms with Gasteiger partial charge in [0.2, 0.25) is 0 Å². The Balaban J connectivity index is -0.0000000205. The number of nitro groups is 2. The normalized spacial score (nSPS) is 4.88. The van der Waals surface area contributed by atoms with E-state index in [2.05, 4.69) is 11.7 Å².